The summed E-state index contributed by atoms with van der Waals surface area (Å²) < 4.78 is 4.03. The molecule has 8 heteroatoms. The van der Waals surface area contributed by atoms with E-state index in [1.54, 1.807) is 12.5 Å². The van der Waals surface area contributed by atoms with Crippen LogP contribution in [0.15, 0.2) is 79.9 Å². The van der Waals surface area contributed by atoms with Crippen molar-refractivity contribution >= 4 is 28.4 Å². The number of aromatic nitrogens is 5. The topological polar surface area (TPSA) is 89.7 Å². The van der Waals surface area contributed by atoms with E-state index in [4.69, 9.17) is 0 Å². The molecule has 0 unspecified atom stereocenters. The summed E-state index contributed by atoms with van der Waals surface area (Å²) in [5.41, 5.74) is 8.29. The third-order valence-electron chi connectivity index (χ3n) is 6.37. The van der Waals surface area contributed by atoms with Crippen LogP contribution in [0.2, 0.25) is 0 Å². The van der Waals surface area contributed by atoms with E-state index in [9.17, 15) is 4.79 Å². The quantitative estimate of drug-likeness (QED) is 0.374. The molecular formula is C27H23N7O. The molecule has 0 saturated carbocycles. The number of anilines is 2. The number of nitrogens with one attached hydrogen (secondary N) is 2. The molecule has 0 atom stereocenters. The first-order valence-corrected chi connectivity index (χ1v) is 11.3. The van der Waals surface area contributed by atoms with Gasteiger partial charge in [0, 0.05) is 37.2 Å². The number of carbonyl (C=O) groups excluding carboxylic acids is 1. The van der Waals surface area contributed by atoms with Gasteiger partial charge in [-0.3, -0.25) is 9.48 Å². The monoisotopic (exact) mass is 461 g/mol. The van der Waals surface area contributed by atoms with Crippen LogP contribution in [0.1, 0.15) is 11.1 Å². The highest BCUT2D eigenvalue weighted by atomic mass is 16.1. The Morgan fingerprint density at radius 2 is 2.06 bits per heavy atom. The first-order chi connectivity index (χ1) is 17.1. The van der Waals surface area contributed by atoms with Gasteiger partial charge in [0.05, 0.1) is 17.6 Å². The summed E-state index contributed by atoms with van der Waals surface area (Å²) in [7, 11) is 2.03. The zero-order valence-electron chi connectivity index (χ0n) is 19.2. The molecule has 0 saturated heterocycles. The van der Waals surface area contributed by atoms with Crippen LogP contribution >= 0.6 is 0 Å². The van der Waals surface area contributed by atoms with Gasteiger partial charge in [-0.05, 0) is 46.5 Å². The fourth-order valence-electron chi connectivity index (χ4n) is 4.79. The Balaban J connectivity index is 1.51. The Morgan fingerprint density at radius 1 is 1.20 bits per heavy atom. The van der Waals surface area contributed by atoms with E-state index >= 15 is 0 Å². The zero-order valence-corrected chi connectivity index (χ0v) is 19.2. The molecule has 0 radical (unpaired) electrons. The number of rotatable bonds is 5. The summed E-state index contributed by atoms with van der Waals surface area (Å²) in [5.74, 6) is 0.589. The standard InChI is InChI=1S/C27H23N7O/c1-3-22(35)32-20-8-6-18(7-9-20)25-23-21-10-5-17(15-34-12-4-11-31-34)13-19(21)14-28-26-24(23)27(33(25)2)30-16-29-26/h3-13,16H,1,14-15H2,2H3,(H,32,35)(H,28,29,30). The predicted molar refractivity (Wildman–Crippen MR) is 137 cm³/mol. The summed E-state index contributed by atoms with van der Waals surface area (Å²) in [5, 5.41) is 11.7. The molecule has 8 nitrogen and oxygen atoms in total. The van der Waals surface area contributed by atoms with Crippen molar-refractivity contribution in [1.82, 2.24) is 24.3 Å². The highest BCUT2D eigenvalue weighted by Gasteiger charge is 2.26. The number of fused-ring (bicyclic) bond motifs is 2. The molecule has 1 amide bonds. The van der Waals surface area contributed by atoms with Crippen LogP contribution in [0.4, 0.5) is 11.5 Å². The van der Waals surface area contributed by atoms with Gasteiger partial charge in [0.1, 0.15) is 17.8 Å². The average molecular weight is 462 g/mol. The van der Waals surface area contributed by atoms with Gasteiger partial charge in [0.25, 0.3) is 0 Å². The fourth-order valence-corrected chi connectivity index (χ4v) is 4.79. The Bertz CT molecular complexity index is 1580. The molecule has 0 spiro atoms. The van der Waals surface area contributed by atoms with Gasteiger partial charge in [-0.15, -0.1) is 0 Å². The second-order valence-electron chi connectivity index (χ2n) is 8.52. The molecule has 1 aliphatic rings. The number of carbonyl (C=O) groups is 1. The number of nitrogens with zero attached hydrogens (tertiary/aromatic N) is 5. The summed E-state index contributed by atoms with van der Waals surface area (Å²) in [6.45, 7) is 4.89. The van der Waals surface area contributed by atoms with Crippen molar-refractivity contribution < 1.29 is 4.79 Å². The first kappa shape index (κ1) is 20.9. The average Bonchev–Trinajstić information content (AvgIpc) is 3.45. The van der Waals surface area contributed by atoms with Crippen molar-refractivity contribution in [2.24, 2.45) is 7.05 Å². The SMILES string of the molecule is C=CC(=O)Nc1ccc(-c2c3c4c(ncnc4n2C)NCc2cc(Cn4cccn4)ccc2-3)cc1. The van der Waals surface area contributed by atoms with E-state index in [1.165, 1.54) is 17.2 Å². The van der Waals surface area contributed by atoms with Gasteiger partial charge in [-0.1, -0.05) is 36.9 Å². The van der Waals surface area contributed by atoms with E-state index in [1.807, 2.05) is 48.3 Å². The van der Waals surface area contributed by atoms with Gasteiger partial charge in [-0.25, -0.2) is 9.97 Å². The summed E-state index contributed by atoms with van der Waals surface area (Å²) in [6, 6.07) is 16.3. The molecule has 6 rings (SSSR count). The van der Waals surface area contributed by atoms with Crippen molar-refractivity contribution in [3.05, 3.63) is 91.0 Å². The smallest absolute Gasteiger partial charge is 0.247 e. The molecule has 0 fully saturated rings. The molecule has 4 heterocycles. The number of amides is 1. The third kappa shape index (κ3) is 3.56. The van der Waals surface area contributed by atoms with E-state index in [-0.39, 0.29) is 5.91 Å². The molecule has 5 aromatic rings. The lowest BCUT2D eigenvalue weighted by molar-refractivity contribution is -0.111. The van der Waals surface area contributed by atoms with E-state index < -0.39 is 0 Å². The van der Waals surface area contributed by atoms with Crippen molar-refractivity contribution in [3.63, 3.8) is 0 Å². The van der Waals surface area contributed by atoms with Crippen molar-refractivity contribution in [1.29, 1.82) is 0 Å². The minimum atomic E-state index is -0.236. The summed E-state index contributed by atoms with van der Waals surface area (Å²) in [6.07, 6.45) is 6.62. The molecular weight excluding hydrogens is 438 g/mol. The highest BCUT2D eigenvalue weighted by Crippen LogP contribution is 2.45. The van der Waals surface area contributed by atoms with Gasteiger partial charge in [0.15, 0.2) is 0 Å². The van der Waals surface area contributed by atoms with Crippen molar-refractivity contribution in [3.8, 4) is 22.4 Å². The van der Waals surface area contributed by atoms with E-state index in [2.05, 4.69) is 55.0 Å². The Labute approximate surface area is 202 Å². The van der Waals surface area contributed by atoms with Crippen LogP contribution in [-0.4, -0.2) is 30.2 Å². The molecule has 0 bridgehead atoms. The van der Waals surface area contributed by atoms with Crippen molar-refractivity contribution in [2.75, 3.05) is 10.6 Å². The molecule has 2 aromatic carbocycles. The van der Waals surface area contributed by atoms with Crippen molar-refractivity contribution in [2.45, 2.75) is 13.1 Å². The Morgan fingerprint density at radius 3 is 2.83 bits per heavy atom. The normalized spacial score (nSPS) is 12.0. The Hall–Kier alpha value is -4.72. The molecule has 3 aromatic heterocycles. The number of hydrogen-bond donors (Lipinski definition) is 2. The first-order valence-electron chi connectivity index (χ1n) is 11.3. The molecule has 2 N–H and O–H groups in total. The predicted octanol–water partition coefficient (Wildman–Crippen LogP) is 4.60. The van der Waals surface area contributed by atoms with Gasteiger partial charge < -0.3 is 15.2 Å². The Kier molecular flexibility index (Phi) is 4.92. The fraction of sp³-hybridized carbons (Fsp3) is 0.111. The lowest BCUT2D eigenvalue weighted by atomic mass is 9.94. The van der Waals surface area contributed by atoms with Crippen LogP contribution in [0.25, 0.3) is 33.4 Å². The minimum Gasteiger partial charge on any atom is -0.365 e. The van der Waals surface area contributed by atoms with Crippen LogP contribution in [0, 0.1) is 0 Å². The second-order valence-corrected chi connectivity index (χ2v) is 8.52. The maximum absolute atomic E-state index is 11.7. The maximum Gasteiger partial charge on any atom is 0.247 e. The maximum atomic E-state index is 11.7. The highest BCUT2D eigenvalue weighted by molar-refractivity contribution is 6.09. The molecule has 172 valence electrons. The number of aryl methyl sites for hydroxylation is 1. The largest absolute Gasteiger partial charge is 0.365 e. The second kappa shape index (κ2) is 8.25. The summed E-state index contributed by atoms with van der Waals surface area (Å²) >= 11 is 0. The lowest BCUT2D eigenvalue weighted by Gasteiger charge is -2.14. The van der Waals surface area contributed by atoms with E-state index in [0.717, 1.165) is 39.2 Å². The third-order valence-corrected chi connectivity index (χ3v) is 6.37. The van der Waals surface area contributed by atoms with Crippen LogP contribution < -0.4 is 10.6 Å². The molecule has 35 heavy (non-hydrogen) atoms. The zero-order chi connectivity index (χ0) is 23.9. The number of hydrogen-bond acceptors (Lipinski definition) is 5. The van der Waals surface area contributed by atoms with Crippen LogP contribution in [0.3, 0.4) is 0 Å². The van der Waals surface area contributed by atoms with Gasteiger partial charge >= 0.3 is 0 Å². The molecule has 1 aliphatic heterocycles. The van der Waals surface area contributed by atoms with E-state index in [0.29, 0.717) is 18.8 Å². The minimum absolute atomic E-state index is 0.236. The van der Waals surface area contributed by atoms with Gasteiger partial charge in [-0.2, -0.15) is 5.10 Å². The number of benzene rings is 2. The lowest BCUT2D eigenvalue weighted by Crippen LogP contribution is -2.07. The summed E-state index contributed by atoms with van der Waals surface area (Å²) in [4.78, 5) is 20.9. The van der Waals surface area contributed by atoms with Crippen LogP contribution in [0.5, 0.6) is 0 Å². The van der Waals surface area contributed by atoms with Crippen LogP contribution in [-0.2, 0) is 24.9 Å². The van der Waals surface area contributed by atoms with Gasteiger partial charge in [0.2, 0.25) is 5.91 Å². The molecule has 0 aliphatic carbocycles.